The molecule has 8 heteroatoms. The van der Waals surface area contributed by atoms with E-state index in [4.69, 9.17) is 14.2 Å². The number of methoxy groups -OCH3 is 2. The van der Waals surface area contributed by atoms with E-state index in [1.807, 2.05) is 48.8 Å². The van der Waals surface area contributed by atoms with Gasteiger partial charge in [0.2, 0.25) is 5.91 Å². The van der Waals surface area contributed by atoms with Crippen molar-refractivity contribution in [3.05, 3.63) is 59.7 Å². The third-order valence-electron chi connectivity index (χ3n) is 7.64. The molecule has 1 heterocycles. The van der Waals surface area contributed by atoms with Gasteiger partial charge in [0, 0.05) is 57.8 Å². The van der Waals surface area contributed by atoms with Crippen molar-refractivity contribution in [2.75, 3.05) is 53.6 Å². The molecule has 8 nitrogen and oxygen atoms in total. The molecule has 40 heavy (non-hydrogen) atoms. The van der Waals surface area contributed by atoms with Gasteiger partial charge in [0.25, 0.3) is 5.91 Å². The Morgan fingerprint density at radius 1 is 1.00 bits per heavy atom. The fourth-order valence-corrected chi connectivity index (χ4v) is 5.24. The van der Waals surface area contributed by atoms with E-state index in [-0.39, 0.29) is 23.8 Å². The van der Waals surface area contributed by atoms with Crippen molar-refractivity contribution >= 4 is 11.8 Å². The second-order valence-corrected chi connectivity index (χ2v) is 10.7. The lowest BCUT2D eigenvalue weighted by Crippen LogP contribution is -2.42. The summed E-state index contributed by atoms with van der Waals surface area (Å²) >= 11 is 0. The van der Waals surface area contributed by atoms with Gasteiger partial charge >= 0.3 is 0 Å². The third kappa shape index (κ3) is 8.96. The molecule has 0 bridgehead atoms. The molecule has 0 saturated carbocycles. The minimum Gasteiger partial charge on any atom is -0.493 e. The SMILES string of the molecule is CCN(Cc1ccccc1)C(=O)CC[C@@H]1CNC[C@H]1CN(C(=O)c1ccc(OC)c(OCCCOC)c1)C(C)C. The average Bonchev–Trinajstić information content (AvgIpc) is 3.42. The summed E-state index contributed by atoms with van der Waals surface area (Å²) in [5.74, 6) is 1.94. The number of amides is 2. The third-order valence-corrected chi connectivity index (χ3v) is 7.64. The zero-order chi connectivity index (χ0) is 28.9. The highest BCUT2D eigenvalue weighted by Crippen LogP contribution is 2.30. The van der Waals surface area contributed by atoms with Gasteiger partial charge in [-0.1, -0.05) is 30.3 Å². The molecule has 1 saturated heterocycles. The van der Waals surface area contributed by atoms with Gasteiger partial charge in [-0.25, -0.2) is 0 Å². The maximum atomic E-state index is 13.7. The summed E-state index contributed by atoms with van der Waals surface area (Å²) in [7, 11) is 3.26. The average molecular weight is 554 g/mol. The summed E-state index contributed by atoms with van der Waals surface area (Å²) in [6.45, 7) is 10.9. The van der Waals surface area contributed by atoms with Crippen molar-refractivity contribution < 1.29 is 23.8 Å². The normalized spacial score (nSPS) is 16.6. The smallest absolute Gasteiger partial charge is 0.254 e. The Morgan fingerprint density at radius 3 is 2.42 bits per heavy atom. The quantitative estimate of drug-likeness (QED) is 0.306. The molecule has 0 unspecified atom stereocenters. The molecule has 2 aromatic carbocycles. The lowest BCUT2D eigenvalue weighted by Gasteiger charge is -2.32. The molecule has 2 atom stereocenters. The van der Waals surface area contributed by atoms with Crippen molar-refractivity contribution in [2.24, 2.45) is 11.8 Å². The highest BCUT2D eigenvalue weighted by molar-refractivity contribution is 5.95. The molecule has 0 spiro atoms. The Kier molecular flexibility index (Phi) is 12.8. The topological polar surface area (TPSA) is 80.3 Å². The number of ether oxygens (including phenoxy) is 3. The van der Waals surface area contributed by atoms with Crippen LogP contribution in [0.15, 0.2) is 48.5 Å². The summed E-state index contributed by atoms with van der Waals surface area (Å²) in [6, 6.07) is 15.5. The largest absolute Gasteiger partial charge is 0.493 e. The molecule has 2 amide bonds. The zero-order valence-electron chi connectivity index (χ0n) is 24.9. The van der Waals surface area contributed by atoms with Crippen LogP contribution < -0.4 is 14.8 Å². The Labute approximate surface area is 240 Å². The molecule has 1 aliphatic rings. The fourth-order valence-electron chi connectivity index (χ4n) is 5.24. The van der Waals surface area contributed by atoms with Crippen LogP contribution >= 0.6 is 0 Å². The van der Waals surface area contributed by atoms with Gasteiger partial charge in [0.15, 0.2) is 11.5 Å². The number of hydrogen-bond donors (Lipinski definition) is 1. The minimum absolute atomic E-state index is 0.0267. The van der Waals surface area contributed by atoms with Crippen molar-refractivity contribution in [3.63, 3.8) is 0 Å². The van der Waals surface area contributed by atoms with E-state index in [0.717, 1.165) is 31.5 Å². The van der Waals surface area contributed by atoms with Crippen LogP contribution in [0, 0.1) is 11.8 Å². The number of nitrogens with one attached hydrogen (secondary N) is 1. The molecule has 0 aromatic heterocycles. The molecule has 1 aliphatic heterocycles. The first kappa shape index (κ1) is 31.4. The van der Waals surface area contributed by atoms with Crippen LogP contribution in [-0.2, 0) is 16.1 Å². The van der Waals surface area contributed by atoms with E-state index in [0.29, 0.717) is 62.2 Å². The van der Waals surface area contributed by atoms with Crippen LogP contribution in [0.1, 0.15) is 56.0 Å². The molecular formula is C32H47N3O5. The summed E-state index contributed by atoms with van der Waals surface area (Å²) in [6.07, 6.45) is 2.07. The van der Waals surface area contributed by atoms with Gasteiger partial charge in [0.05, 0.1) is 13.7 Å². The van der Waals surface area contributed by atoms with Crippen molar-refractivity contribution in [1.29, 1.82) is 0 Å². The minimum atomic E-state index is -0.0267. The van der Waals surface area contributed by atoms with Crippen LogP contribution in [0.4, 0.5) is 0 Å². The first-order valence-corrected chi connectivity index (χ1v) is 14.5. The Hall–Kier alpha value is -3.10. The Bertz CT molecular complexity index is 1060. The highest BCUT2D eigenvalue weighted by Gasteiger charge is 2.32. The molecule has 1 fully saturated rings. The summed E-state index contributed by atoms with van der Waals surface area (Å²) in [5, 5.41) is 3.50. The van der Waals surface area contributed by atoms with Crippen molar-refractivity contribution in [2.45, 2.75) is 52.6 Å². The van der Waals surface area contributed by atoms with E-state index >= 15 is 0 Å². The standard InChI is InChI=1S/C32H47N3O5/c1-6-34(22-25-11-8-7-9-12-25)31(36)16-14-27-20-33-21-28(27)23-35(24(2)3)32(37)26-13-15-29(39-5)30(19-26)40-18-10-17-38-4/h7-9,11-13,15,19,24,27-28,33H,6,10,14,16-18,20-23H2,1-5H3/t27-,28+/m1/s1. The number of benzene rings is 2. The van der Waals surface area contributed by atoms with Crippen LogP contribution in [-0.4, -0.2) is 81.3 Å². The van der Waals surface area contributed by atoms with E-state index in [9.17, 15) is 9.59 Å². The number of carbonyl (C=O) groups is 2. The van der Waals surface area contributed by atoms with Gasteiger partial charge in [-0.3, -0.25) is 9.59 Å². The maximum Gasteiger partial charge on any atom is 0.254 e. The maximum absolute atomic E-state index is 13.7. The molecule has 2 aromatic rings. The van der Waals surface area contributed by atoms with E-state index in [1.165, 1.54) is 0 Å². The van der Waals surface area contributed by atoms with Crippen LogP contribution in [0.2, 0.25) is 0 Å². The first-order chi connectivity index (χ1) is 19.4. The van der Waals surface area contributed by atoms with Crippen LogP contribution in [0.5, 0.6) is 11.5 Å². The van der Waals surface area contributed by atoms with Gasteiger partial charge in [-0.2, -0.15) is 0 Å². The lowest BCUT2D eigenvalue weighted by atomic mass is 9.90. The number of hydrogen-bond acceptors (Lipinski definition) is 6. The molecule has 220 valence electrons. The summed E-state index contributed by atoms with van der Waals surface area (Å²) < 4.78 is 16.5. The highest BCUT2D eigenvalue weighted by atomic mass is 16.5. The van der Waals surface area contributed by atoms with Gasteiger partial charge in [0.1, 0.15) is 0 Å². The summed E-state index contributed by atoms with van der Waals surface area (Å²) in [5.41, 5.74) is 1.72. The van der Waals surface area contributed by atoms with Crippen LogP contribution in [0.25, 0.3) is 0 Å². The second-order valence-electron chi connectivity index (χ2n) is 10.7. The molecule has 0 aliphatic carbocycles. The Balaban J connectivity index is 1.62. The number of nitrogens with zero attached hydrogens (tertiary/aromatic N) is 2. The van der Waals surface area contributed by atoms with E-state index in [1.54, 1.807) is 32.4 Å². The Morgan fingerprint density at radius 2 is 1.75 bits per heavy atom. The molecule has 3 rings (SSSR count). The first-order valence-electron chi connectivity index (χ1n) is 14.5. The predicted molar refractivity (Wildman–Crippen MR) is 158 cm³/mol. The molecular weight excluding hydrogens is 506 g/mol. The van der Waals surface area contributed by atoms with Crippen molar-refractivity contribution in [1.82, 2.24) is 15.1 Å². The zero-order valence-corrected chi connectivity index (χ0v) is 24.9. The fraction of sp³-hybridized carbons (Fsp3) is 0.562. The number of carbonyl (C=O) groups excluding carboxylic acids is 2. The lowest BCUT2D eigenvalue weighted by molar-refractivity contribution is -0.132. The van der Waals surface area contributed by atoms with E-state index < -0.39 is 0 Å². The van der Waals surface area contributed by atoms with Gasteiger partial charge in [-0.15, -0.1) is 0 Å². The molecule has 1 N–H and O–H groups in total. The van der Waals surface area contributed by atoms with Crippen molar-refractivity contribution in [3.8, 4) is 11.5 Å². The summed E-state index contributed by atoms with van der Waals surface area (Å²) in [4.78, 5) is 30.6. The van der Waals surface area contributed by atoms with Gasteiger partial charge in [-0.05, 0) is 75.9 Å². The molecule has 0 radical (unpaired) electrons. The predicted octanol–water partition coefficient (Wildman–Crippen LogP) is 4.63. The second kappa shape index (κ2) is 16.2. The van der Waals surface area contributed by atoms with Crippen LogP contribution in [0.3, 0.4) is 0 Å². The number of rotatable bonds is 16. The monoisotopic (exact) mass is 553 g/mol. The van der Waals surface area contributed by atoms with E-state index in [2.05, 4.69) is 17.4 Å². The van der Waals surface area contributed by atoms with Gasteiger partial charge < -0.3 is 29.3 Å².